The van der Waals surface area contributed by atoms with Gasteiger partial charge in [0.15, 0.2) is 35.4 Å². The standard InChI is InChI=1S/C31H38FN6O8P/c1-7-42-26-22-25(35-29(33)36-26)38(16-34-22)28-31(6,40)24(32)21(45-28)14-43-20-13-12-18-10-8-9-11-19(18)23(20)46-47(41)37-17(2)27(39)44-15-30(3,4)5/h8-13,16-17,21,24,28,40H,7,14-15H2,1-6H3,(H2,33,35,36)/t17-,21+,24+,28?,31+/m0/s1. The first-order valence-electron chi connectivity index (χ1n) is 15.0. The number of nitrogen functional groups attached to an aromatic ring is 1. The summed E-state index contributed by atoms with van der Waals surface area (Å²) in [7, 11) is -2.75. The summed E-state index contributed by atoms with van der Waals surface area (Å²) in [5.74, 6) is -0.380. The molecule has 3 N–H and O–H groups in total. The lowest BCUT2D eigenvalue weighted by molar-refractivity contribution is -0.169. The molecule has 6 atom stereocenters. The minimum absolute atomic E-state index is 0.0798. The zero-order chi connectivity index (χ0) is 34.1. The molecule has 3 heterocycles. The Hall–Kier alpha value is -4.17. The van der Waals surface area contributed by atoms with Crippen LogP contribution in [0.25, 0.3) is 21.9 Å². The quantitative estimate of drug-likeness (QED) is 0.171. The van der Waals surface area contributed by atoms with Gasteiger partial charge in [-0.05, 0) is 37.6 Å². The largest absolute Gasteiger partial charge is 0.575 e. The van der Waals surface area contributed by atoms with E-state index in [-0.39, 0.29) is 53.1 Å². The van der Waals surface area contributed by atoms with Crippen LogP contribution in [0.4, 0.5) is 10.3 Å². The summed E-state index contributed by atoms with van der Waals surface area (Å²) in [5.41, 5.74) is 4.05. The highest BCUT2D eigenvalue weighted by atomic mass is 31.1. The molecule has 2 aromatic heterocycles. The number of benzene rings is 2. The summed E-state index contributed by atoms with van der Waals surface area (Å²) >= 11 is 0. The second-order valence-corrected chi connectivity index (χ2v) is 13.4. The Labute approximate surface area is 271 Å². The van der Waals surface area contributed by atoms with E-state index >= 15 is 4.39 Å². The first-order chi connectivity index (χ1) is 22.2. The fourth-order valence-electron chi connectivity index (χ4n) is 4.97. The van der Waals surface area contributed by atoms with Crippen molar-refractivity contribution in [3.8, 4) is 17.4 Å². The number of hydrogen-bond acceptors (Lipinski definition) is 13. The number of nitrogens with zero attached hydrogens (tertiary/aromatic N) is 5. The topological polar surface area (TPSA) is 188 Å². The van der Waals surface area contributed by atoms with Crippen molar-refractivity contribution >= 4 is 42.0 Å². The number of ether oxygens (including phenoxy) is 4. The number of fused-ring (bicyclic) bond motifs is 2. The molecular weight excluding hydrogens is 634 g/mol. The van der Waals surface area contributed by atoms with Gasteiger partial charge in [0.25, 0.3) is 0 Å². The minimum Gasteiger partial charge on any atom is -0.575 e. The van der Waals surface area contributed by atoms with Gasteiger partial charge in [-0.1, -0.05) is 55.8 Å². The van der Waals surface area contributed by atoms with Crippen LogP contribution in [0, 0.1) is 5.41 Å². The number of carbonyl (C=O) groups excluding carboxylic acids is 1. The first kappa shape index (κ1) is 34.2. The number of halogens is 1. The van der Waals surface area contributed by atoms with Crippen LogP contribution >= 0.6 is 8.17 Å². The molecule has 16 heteroatoms. The lowest BCUT2D eigenvalue weighted by atomic mass is 9.98. The van der Waals surface area contributed by atoms with Crippen molar-refractivity contribution in [1.29, 1.82) is 0 Å². The van der Waals surface area contributed by atoms with Gasteiger partial charge in [-0.2, -0.15) is 9.97 Å². The molecule has 0 radical (unpaired) electrons. The molecule has 14 nitrogen and oxygen atoms in total. The van der Waals surface area contributed by atoms with E-state index in [4.69, 9.17) is 29.2 Å². The van der Waals surface area contributed by atoms with Gasteiger partial charge in [0.05, 0.1) is 19.5 Å². The monoisotopic (exact) mass is 672 g/mol. The smallest absolute Gasteiger partial charge is 0.395 e. The third kappa shape index (κ3) is 7.38. The fourth-order valence-corrected chi connectivity index (χ4v) is 5.74. The Morgan fingerprint density at radius 1 is 1.26 bits per heavy atom. The van der Waals surface area contributed by atoms with E-state index in [0.717, 1.165) is 5.39 Å². The van der Waals surface area contributed by atoms with Gasteiger partial charge in [0.2, 0.25) is 17.6 Å². The van der Waals surface area contributed by atoms with Crippen LogP contribution in [-0.4, -0.2) is 74.3 Å². The summed E-state index contributed by atoms with van der Waals surface area (Å²) in [6.45, 7) is 10.4. The molecule has 5 rings (SSSR count). The van der Waals surface area contributed by atoms with Crippen molar-refractivity contribution in [2.24, 2.45) is 10.2 Å². The number of anilines is 1. The van der Waals surface area contributed by atoms with Gasteiger partial charge in [0, 0.05) is 5.39 Å². The van der Waals surface area contributed by atoms with Crippen LogP contribution < -0.4 is 24.6 Å². The molecule has 0 saturated carbocycles. The number of nitrogens with two attached hydrogens (primary N) is 1. The lowest BCUT2D eigenvalue weighted by Crippen LogP contribution is -2.42. The van der Waals surface area contributed by atoms with E-state index in [1.165, 1.54) is 24.7 Å². The van der Waals surface area contributed by atoms with Crippen LogP contribution in [0.5, 0.6) is 17.4 Å². The molecule has 1 aliphatic heterocycles. The Kier molecular flexibility index (Phi) is 9.83. The van der Waals surface area contributed by atoms with Crippen molar-refractivity contribution in [3.63, 3.8) is 0 Å². The van der Waals surface area contributed by atoms with E-state index in [2.05, 4.69) is 19.7 Å². The van der Waals surface area contributed by atoms with Crippen LogP contribution in [0.1, 0.15) is 47.8 Å². The molecular formula is C31H38FN6O8P. The number of rotatable bonds is 11. The normalized spacial score (nSPS) is 22.4. The van der Waals surface area contributed by atoms with Crippen molar-refractivity contribution in [2.75, 3.05) is 25.6 Å². The van der Waals surface area contributed by atoms with Crippen LogP contribution in [0.2, 0.25) is 0 Å². The van der Waals surface area contributed by atoms with Crippen LogP contribution in [-0.2, 0) is 14.3 Å². The molecule has 47 heavy (non-hydrogen) atoms. The molecule has 2 unspecified atom stereocenters. The molecule has 0 aliphatic carbocycles. The Morgan fingerprint density at radius 3 is 2.72 bits per heavy atom. The highest BCUT2D eigenvalue weighted by Crippen LogP contribution is 2.44. The molecule has 1 fully saturated rings. The molecule has 4 aromatic rings. The predicted octanol–water partition coefficient (Wildman–Crippen LogP) is 4.24. The second-order valence-electron chi connectivity index (χ2n) is 12.5. The average molecular weight is 673 g/mol. The SMILES string of the molecule is CCOc1nc(N)nc2c1ncn2C1O[C@H](COc2ccc3ccccc3c2O[P+]([O-])=N[C@@H](C)C(=O)OCC(C)(C)C)[C@@H](F)[C@@]1(C)O. The van der Waals surface area contributed by atoms with Gasteiger partial charge < -0.3 is 34.7 Å². The van der Waals surface area contributed by atoms with Gasteiger partial charge in [-0.25, -0.2) is 14.2 Å². The van der Waals surface area contributed by atoms with Crippen molar-refractivity contribution in [2.45, 2.75) is 71.7 Å². The highest BCUT2D eigenvalue weighted by Gasteiger charge is 2.55. The number of carbonyl (C=O) groups is 1. The van der Waals surface area contributed by atoms with Crippen molar-refractivity contribution in [1.82, 2.24) is 19.5 Å². The summed E-state index contributed by atoms with van der Waals surface area (Å²) in [4.78, 5) is 38.0. The van der Waals surface area contributed by atoms with E-state index in [1.54, 1.807) is 31.2 Å². The number of aromatic nitrogens is 4. The number of alkyl halides is 1. The molecule has 0 bridgehead atoms. The molecule has 252 valence electrons. The maximum Gasteiger partial charge on any atom is 0.395 e. The van der Waals surface area contributed by atoms with E-state index < -0.39 is 44.3 Å². The molecule has 1 aliphatic rings. The summed E-state index contributed by atoms with van der Waals surface area (Å²) < 4.78 is 49.7. The average Bonchev–Trinajstić information content (AvgIpc) is 3.52. The summed E-state index contributed by atoms with van der Waals surface area (Å²) in [6, 6.07) is 9.43. The van der Waals surface area contributed by atoms with E-state index in [1.807, 2.05) is 32.9 Å². The maximum atomic E-state index is 15.8. The fraction of sp³-hybridized carbons (Fsp3) is 0.484. The Balaban J connectivity index is 1.37. The molecule has 2 aromatic carbocycles. The number of hydrogen-bond donors (Lipinski definition) is 2. The van der Waals surface area contributed by atoms with Crippen molar-refractivity contribution < 1.29 is 42.7 Å². The molecule has 1 saturated heterocycles. The van der Waals surface area contributed by atoms with Gasteiger partial charge in [-0.15, -0.1) is 0 Å². The third-order valence-corrected chi connectivity index (χ3v) is 8.17. The van der Waals surface area contributed by atoms with Crippen LogP contribution in [0.3, 0.4) is 0 Å². The Bertz CT molecular complexity index is 1800. The van der Waals surface area contributed by atoms with Crippen LogP contribution in [0.15, 0.2) is 47.5 Å². The number of aliphatic hydroxyl groups is 1. The zero-order valence-electron chi connectivity index (χ0n) is 26.9. The maximum absolute atomic E-state index is 15.8. The predicted molar refractivity (Wildman–Crippen MR) is 170 cm³/mol. The van der Waals surface area contributed by atoms with Gasteiger partial charge >= 0.3 is 14.1 Å². The highest BCUT2D eigenvalue weighted by molar-refractivity contribution is 7.34. The zero-order valence-corrected chi connectivity index (χ0v) is 27.8. The first-order valence-corrected chi connectivity index (χ1v) is 16.1. The lowest BCUT2D eigenvalue weighted by Gasteiger charge is -2.26. The summed E-state index contributed by atoms with van der Waals surface area (Å²) in [5, 5.41) is 12.6. The van der Waals surface area contributed by atoms with Gasteiger partial charge in [-0.3, -0.25) is 9.09 Å². The second kappa shape index (κ2) is 13.5. The number of imidazole rings is 1. The van der Waals surface area contributed by atoms with E-state index in [0.29, 0.717) is 12.0 Å². The summed E-state index contributed by atoms with van der Waals surface area (Å²) in [6.07, 6.45) is -3.09. The van der Waals surface area contributed by atoms with Crippen molar-refractivity contribution in [3.05, 3.63) is 42.7 Å². The van der Waals surface area contributed by atoms with E-state index in [9.17, 15) is 14.8 Å². The third-order valence-electron chi connectivity index (χ3n) is 7.30. The molecule has 0 spiro atoms. The molecule has 0 amide bonds. The Morgan fingerprint density at radius 2 is 2.00 bits per heavy atom. The number of esters is 1. The van der Waals surface area contributed by atoms with Gasteiger partial charge in [0.1, 0.15) is 18.3 Å². The minimum atomic E-state index is -2.75.